The summed E-state index contributed by atoms with van der Waals surface area (Å²) in [7, 11) is 0. The summed E-state index contributed by atoms with van der Waals surface area (Å²) >= 11 is 0. The van der Waals surface area contributed by atoms with E-state index < -0.39 is 5.41 Å². The van der Waals surface area contributed by atoms with Crippen molar-refractivity contribution in [3.05, 3.63) is 70.3 Å². The van der Waals surface area contributed by atoms with Gasteiger partial charge in [0.1, 0.15) is 23.1 Å². The van der Waals surface area contributed by atoms with E-state index in [1.807, 2.05) is 13.0 Å². The first-order chi connectivity index (χ1) is 23.1. The molecule has 1 unspecified atom stereocenters. The van der Waals surface area contributed by atoms with Gasteiger partial charge in [0.05, 0.1) is 0 Å². The van der Waals surface area contributed by atoms with Crippen LogP contribution in [0.25, 0.3) is 0 Å². The average molecular weight is 651 g/mol. The number of hydrogen-bond acceptors (Lipinski definition) is 4. The molecule has 2 aromatic rings. The second kappa shape index (κ2) is 15.3. The second-order valence-electron chi connectivity index (χ2n) is 16.8. The summed E-state index contributed by atoms with van der Waals surface area (Å²) in [5.41, 5.74) is 4.77. The summed E-state index contributed by atoms with van der Waals surface area (Å²) in [4.78, 5) is 55.4. The molecule has 0 aromatic heterocycles. The summed E-state index contributed by atoms with van der Waals surface area (Å²) in [6.45, 7) is 6.03. The lowest BCUT2D eigenvalue weighted by atomic mass is 9.64. The predicted octanol–water partition coefficient (Wildman–Crippen LogP) is 9.52. The lowest BCUT2D eigenvalue weighted by molar-refractivity contribution is -0.142. The highest BCUT2D eigenvalue weighted by Crippen LogP contribution is 2.45. The van der Waals surface area contributed by atoms with Gasteiger partial charge < -0.3 is 0 Å². The zero-order valence-corrected chi connectivity index (χ0v) is 29.9. The number of Topliss-reactive ketones (excluding diaryl/α,β-unsaturated/α-hetero) is 4. The van der Waals surface area contributed by atoms with Crippen LogP contribution in [0.15, 0.2) is 42.5 Å². The van der Waals surface area contributed by atoms with Crippen molar-refractivity contribution >= 4 is 23.1 Å². The molecule has 0 amide bonds. The Morgan fingerprint density at radius 2 is 1.27 bits per heavy atom. The average Bonchev–Trinajstić information content (AvgIpc) is 3.07. The first-order valence-electron chi connectivity index (χ1n) is 19.3. The van der Waals surface area contributed by atoms with E-state index in [2.05, 4.69) is 50.2 Å². The molecule has 3 saturated carbocycles. The highest BCUT2D eigenvalue weighted by molar-refractivity contribution is 5.97. The summed E-state index contributed by atoms with van der Waals surface area (Å²) in [5, 5.41) is 0. The molecule has 2 atom stereocenters. The van der Waals surface area contributed by atoms with Crippen molar-refractivity contribution < 1.29 is 19.2 Å². The Kier molecular flexibility index (Phi) is 11.2. The largest absolute Gasteiger partial charge is 0.299 e. The summed E-state index contributed by atoms with van der Waals surface area (Å²) in [6.07, 6.45) is 16.0. The molecule has 4 aliphatic carbocycles. The second-order valence-corrected chi connectivity index (χ2v) is 16.8. The van der Waals surface area contributed by atoms with Gasteiger partial charge in [0.2, 0.25) is 0 Å². The van der Waals surface area contributed by atoms with Crippen molar-refractivity contribution in [1.82, 2.24) is 0 Å². The minimum absolute atomic E-state index is 0.0485. The van der Waals surface area contributed by atoms with Crippen LogP contribution in [0.1, 0.15) is 131 Å². The molecule has 0 spiro atoms. The molecule has 258 valence electrons. The maximum Gasteiger partial charge on any atom is 0.142 e. The van der Waals surface area contributed by atoms with Gasteiger partial charge in [-0.25, -0.2) is 0 Å². The van der Waals surface area contributed by atoms with E-state index in [0.717, 1.165) is 86.3 Å². The zero-order chi connectivity index (χ0) is 33.8. The molecular weight excluding hydrogens is 592 g/mol. The molecule has 2 aromatic carbocycles. The van der Waals surface area contributed by atoms with Crippen molar-refractivity contribution in [3.63, 3.8) is 0 Å². The van der Waals surface area contributed by atoms with Gasteiger partial charge in [-0.3, -0.25) is 19.2 Å². The van der Waals surface area contributed by atoms with E-state index in [0.29, 0.717) is 24.5 Å². The third-order valence-electron chi connectivity index (χ3n) is 13.0. The number of hydrogen-bond donors (Lipinski definition) is 0. The SMILES string of the molecule is Cc1cc(C)cc(CC(=O)C[C@@](C)(CC(=O)C2CCC(C3Cc4ccccc4CC3=O)CC2)C(=O)C2CCC(C3CCCCC3)CC2)c1. The fourth-order valence-corrected chi connectivity index (χ4v) is 10.5. The van der Waals surface area contributed by atoms with Crippen LogP contribution in [0.5, 0.6) is 0 Å². The number of benzene rings is 2. The zero-order valence-electron chi connectivity index (χ0n) is 29.9. The standard InChI is InChI=1S/C44H58O4/c1-29-21-30(2)23-31(22-29)24-39(45)27-44(3,43(48)36-19-13-33(14-20-36)32-9-5-4-6-10-32)28-42(47)35-17-15-34(16-18-35)40-25-37-11-7-8-12-38(37)26-41(40)46/h7-8,11-12,21-23,32-36,40H,4-6,9-10,13-20,24-28H2,1-3H3/t33?,34?,35?,36?,40?,44-/m0/s1. The highest BCUT2D eigenvalue weighted by Gasteiger charge is 2.44. The molecular formula is C44H58O4. The maximum absolute atomic E-state index is 14.5. The molecule has 0 aliphatic heterocycles. The van der Waals surface area contributed by atoms with E-state index in [1.54, 1.807) is 0 Å². The minimum atomic E-state index is -0.963. The van der Waals surface area contributed by atoms with Crippen molar-refractivity contribution in [1.29, 1.82) is 0 Å². The van der Waals surface area contributed by atoms with Crippen molar-refractivity contribution in [3.8, 4) is 0 Å². The molecule has 4 heteroatoms. The smallest absolute Gasteiger partial charge is 0.142 e. The van der Waals surface area contributed by atoms with Crippen LogP contribution in [-0.2, 0) is 38.4 Å². The van der Waals surface area contributed by atoms with Gasteiger partial charge in [-0.1, -0.05) is 92.6 Å². The summed E-state index contributed by atoms with van der Waals surface area (Å²) < 4.78 is 0. The quantitative estimate of drug-likeness (QED) is 0.243. The molecule has 4 nitrogen and oxygen atoms in total. The van der Waals surface area contributed by atoms with E-state index in [4.69, 9.17) is 0 Å². The summed E-state index contributed by atoms with van der Waals surface area (Å²) in [5.74, 6) is 2.50. The Hall–Kier alpha value is -2.88. The Morgan fingerprint density at radius 3 is 1.94 bits per heavy atom. The van der Waals surface area contributed by atoms with E-state index in [9.17, 15) is 19.2 Å². The number of fused-ring (bicyclic) bond motifs is 1. The monoisotopic (exact) mass is 650 g/mol. The molecule has 0 N–H and O–H groups in total. The molecule has 0 bridgehead atoms. The Balaban J connectivity index is 1.11. The van der Waals surface area contributed by atoms with Gasteiger partial charge in [-0.15, -0.1) is 0 Å². The normalized spacial score (nSPS) is 27.9. The first kappa shape index (κ1) is 35.0. The van der Waals surface area contributed by atoms with Gasteiger partial charge in [0.15, 0.2) is 0 Å². The third-order valence-corrected chi connectivity index (χ3v) is 13.0. The number of carbonyl (C=O) groups excluding carboxylic acids is 4. The number of carbonyl (C=O) groups is 4. The Bertz CT molecular complexity index is 1460. The fraction of sp³-hybridized carbons (Fsp3) is 0.636. The predicted molar refractivity (Wildman–Crippen MR) is 192 cm³/mol. The number of ketones is 4. The van der Waals surface area contributed by atoms with Gasteiger partial charge >= 0.3 is 0 Å². The Morgan fingerprint density at radius 1 is 0.688 bits per heavy atom. The van der Waals surface area contributed by atoms with Gasteiger partial charge in [-0.05, 0) is 106 Å². The topological polar surface area (TPSA) is 68.3 Å². The van der Waals surface area contributed by atoms with E-state index >= 15 is 0 Å². The number of rotatable bonds is 11. The van der Waals surface area contributed by atoms with Gasteiger partial charge in [0, 0.05) is 48.9 Å². The summed E-state index contributed by atoms with van der Waals surface area (Å²) in [6, 6.07) is 14.6. The maximum atomic E-state index is 14.5. The lowest BCUT2D eigenvalue weighted by Gasteiger charge is -2.39. The van der Waals surface area contributed by atoms with Gasteiger partial charge in [-0.2, -0.15) is 0 Å². The molecule has 3 fully saturated rings. The molecule has 0 heterocycles. The van der Waals surface area contributed by atoms with Crippen LogP contribution >= 0.6 is 0 Å². The van der Waals surface area contributed by atoms with Crippen LogP contribution in [0.4, 0.5) is 0 Å². The molecule has 48 heavy (non-hydrogen) atoms. The van der Waals surface area contributed by atoms with Crippen LogP contribution in [0, 0.1) is 54.8 Å². The van der Waals surface area contributed by atoms with Crippen molar-refractivity contribution in [2.24, 2.45) is 40.9 Å². The van der Waals surface area contributed by atoms with Crippen LogP contribution in [0.3, 0.4) is 0 Å². The molecule has 6 rings (SSSR count). The lowest BCUT2D eigenvalue weighted by Crippen LogP contribution is -2.41. The van der Waals surface area contributed by atoms with Gasteiger partial charge in [0.25, 0.3) is 0 Å². The molecule has 0 saturated heterocycles. The third kappa shape index (κ3) is 8.28. The van der Waals surface area contributed by atoms with Crippen LogP contribution in [0.2, 0.25) is 0 Å². The van der Waals surface area contributed by atoms with E-state index in [1.165, 1.54) is 43.2 Å². The van der Waals surface area contributed by atoms with Crippen LogP contribution < -0.4 is 0 Å². The van der Waals surface area contributed by atoms with Crippen molar-refractivity contribution in [2.75, 3.05) is 0 Å². The van der Waals surface area contributed by atoms with Crippen molar-refractivity contribution in [2.45, 2.75) is 136 Å². The fourth-order valence-electron chi connectivity index (χ4n) is 10.5. The molecule has 4 aliphatic rings. The van der Waals surface area contributed by atoms with Crippen LogP contribution in [-0.4, -0.2) is 23.1 Å². The highest BCUT2D eigenvalue weighted by atomic mass is 16.1. The molecule has 0 radical (unpaired) electrons. The van der Waals surface area contributed by atoms with E-state index in [-0.39, 0.29) is 47.9 Å². The first-order valence-corrected chi connectivity index (χ1v) is 19.3. The number of aryl methyl sites for hydroxylation is 2. The minimum Gasteiger partial charge on any atom is -0.299 e. The Labute approximate surface area is 289 Å².